The summed E-state index contributed by atoms with van der Waals surface area (Å²) >= 11 is 0. The van der Waals surface area contributed by atoms with Crippen molar-refractivity contribution in [3.05, 3.63) is 65.8 Å². The fourth-order valence-corrected chi connectivity index (χ4v) is 3.85. The number of hydrogen-bond donors (Lipinski definition) is 1. The molecule has 10 heteroatoms. The van der Waals surface area contributed by atoms with Gasteiger partial charge in [0.1, 0.15) is 11.5 Å². The highest BCUT2D eigenvalue weighted by Gasteiger charge is 2.19. The lowest BCUT2D eigenvalue weighted by Gasteiger charge is -2.05. The summed E-state index contributed by atoms with van der Waals surface area (Å²) in [5.74, 6) is 0.392. The molecule has 1 amide bonds. The van der Waals surface area contributed by atoms with Gasteiger partial charge in [-0.1, -0.05) is 17.3 Å². The van der Waals surface area contributed by atoms with E-state index in [-0.39, 0.29) is 35.3 Å². The van der Waals surface area contributed by atoms with Crippen LogP contribution in [0.2, 0.25) is 0 Å². The van der Waals surface area contributed by atoms with Gasteiger partial charge in [0.2, 0.25) is 0 Å². The van der Waals surface area contributed by atoms with Crippen molar-refractivity contribution in [2.45, 2.75) is 17.9 Å². The monoisotopic (exact) mass is 431 g/mol. The van der Waals surface area contributed by atoms with Crippen molar-refractivity contribution in [2.24, 2.45) is 0 Å². The molecule has 0 aliphatic heterocycles. The van der Waals surface area contributed by atoms with Crippen LogP contribution in [0.1, 0.15) is 22.1 Å². The molecule has 0 bridgehead atoms. The largest absolute Gasteiger partial charge is 0.497 e. The van der Waals surface area contributed by atoms with Gasteiger partial charge in [-0.25, -0.2) is 8.42 Å². The number of amides is 1. The standard InChI is InChI=1S/C20H21N3O6S/c1-27-15-6-8-17(9-7-15)30(25,26)11-10-18-22-20(29-23-18)19(24)21-13-14-4-3-5-16(12-14)28-2/h3-9,12H,10-11,13H2,1-2H3,(H,21,24). The molecule has 0 radical (unpaired) electrons. The summed E-state index contributed by atoms with van der Waals surface area (Å²) in [7, 11) is -0.471. The fraction of sp³-hybridized carbons (Fsp3) is 0.250. The Bertz CT molecular complexity index is 1110. The van der Waals surface area contributed by atoms with E-state index in [4.69, 9.17) is 14.0 Å². The van der Waals surface area contributed by atoms with Crippen LogP contribution in [0, 0.1) is 0 Å². The summed E-state index contributed by atoms with van der Waals surface area (Å²) in [6.07, 6.45) is 0.0149. The summed E-state index contributed by atoms with van der Waals surface area (Å²) < 4.78 is 40.0. The lowest BCUT2D eigenvalue weighted by molar-refractivity contribution is 0.0907. The minimum atomic E-state index is -3.54. The first-order valence-corrected chi connectivity index (χ1v) is 10.7. The molecule has 30 heavy (non-hydrogen) atoms. The second kappa shape index (κ2) is 9.40. The Balaban J connectivity index is 1.56. The van der Waals surface area contributed by atoms with E-state index in [9.17, 15) is 13.2 Å². The SMILES string of the molecule is COc1ccc(S(=O)(=O)CCc2noc(C(=O)NCc3cccc(OC)c3)n2)cc1. The summed E-state index contributed by atoms with van der Waals surface area (Å²) in [5, 5.41) is 6.36. The number of ether oxygens (including phenoxy) is 2. The molecule has 9 nitrogen and oxygen atoms in total. The maximum atomic E-state index is 12.4. The molecule has 158 valence electrons. The first-order valence-electron chi connectivity index (χ1n) is 9.02. The molecule has 0 unspecified atom stereocenters. The molecule has 3 rings (SSSR count). The Morgan fingerprint density at radius 1 is 1.07 bits per heavy atom. The molecule has 2 aromatic carbocycles. The van der Waals surface area contributed by atoms with Crippen LogP contribution >= 0.6 is 0 Å². The van der Waals surface area contributed by atoms with Crippen molar-refractivity contribution in [1.29, 1.82) is 0 Å². The van der Waals surface area contributed by atoms with E-state index in [1.165, 1.54) is 19.2 Å². The average molecular weight is 431 g/mol. The van der Waals surface area contributed by atoms with E-state index in [2.05, 4.69) is 15.5 Å². The van der Waals surface area contributed by atoms with Gasteiger partial charge in [-0.3, -0.25) is 4.79 Å². The van der Waals surface area contributed by atoms with Crippen LogP contribution in [-0.4, -0.2) is 44.4 Å². The predicted octanol–water partition coefficient (Wildman–Crippen LogP) is 2.03. The number of aryl methyl sites for hydroxylation is 1. The van der Waals surface area contributed by atoms with Gasteiger partial charge >= 0.3 is 11.8 Å². The molecular formula is C20H21N3O6S. The Morgan fingerprint density at radius 3 is 2.50 bits per heavy atom. The van der Waals surface area contributed by atoms with E-state index in [0.717, 1.165) is 5.56 Å². The second-order valence-electron chi connectivity index (χ2n) is 6.29. The first-order chi connectivity index (χ1) is 14.4. The summed E-state index contributed by atoms with van der Waals surface area (Å²) in [6.45, 7) is 0.250. The van der Waals surface area contributed by atoms with Crippen molar-refractivity contribution in [2.75, 3.05) is 20.0 Å². The lowest BCUT2D eigenvalue weighted by atomic mass is 10.2. The third kappa shape index (κ3) is 5.35. The molecule has 3 aromatic rings. The Hall–Kier alpha value is -3.40. The minimum Gasteiger partial charge on any atom is -0.497 e. The van der Waals surface area contributed by atoms with Crippen molar-refractivity contribution in [3.8, 4) is 11.5 Å². The highest BCUT2D eigenvalue weighted by Crippen LogP contribution is 2.17. The van der Waals surface area contributed by atoms with Crippen molar-refractivity contribution in [3.63, 3.8) is 0 Å². The lowest BCUT2D eigenvalue weighted by Crippen LogP contribution is -2.23. The normalized spacial score (nSPS) is 11.1. The van der Waals surface area contributed by atoms with Crippen LogP contribution in [0.4, 0.5) is 0 Å². The number of nitrogens with one attached hydrogen (secondary N) is 1. The fourth-order valence-electron chi connectivity index (χ4n) is 2.61. The third-order valence-corrected chi connectivity index (χ3v) is 5.99. The van der Waals surface area contributed by atoms with Gasteiger partial charge in [-0.15, -0.1) is 0 Å². The van der Waals surface area contributed by atoms with Crippen molar-refractivity contribution < 1.29 is 27.2 Å². The Morgan fingerprint density at radius 2 is 1.80 bits per heavy atom. The van der Waals surface area contributed by atoms with Crippen LogP contribution in [0.3, 0.4) is 0 Å². The molecule has 1 aromatic heterocycles. The number of rotatable bonds is 9. The average Bonchev–Trinajstić information content (AvgIpc) is 3.25. The van der Waals surface area contributed by atoms with E-state index in [0.29, 0.717) is 11.5 Å². The van der Waals surface area contributed by atoms with Gasteiger partial charge in [0, 0.05) is 13.0 Å². The minimum absolute atomic E-state index is 0.0149. The number of methoxy groups -OCH3 is 2. The second-order valence-corrected chi connectivity index (χ2v) is 8.40. The zero-order chi connectivity index (χ0) is 21.6. The van der Waals surface area contributed by atoms with Gasteiger partial charge in [0.25, 0.3) is 0 Å². The zero-order valence-corrected chi connectivity index (χ0v) is 17.3. The van der Waals surface area contributed by atoms with Crippen molar-refractivity contribution in [1.82, 2.24) is 15.5 Å². The quantitative estimate of drug-likeness (QED) is 0.546. The molecule has 0 aliphatic carbocycles. The van der Waals surface area contributed by atoms with Crippen LogP contribution in [0.25, 0.3) is 0 Å². The summed E-state index contributed by atoms with van der Waals surface area (Å²) in [6, 6.07) is 13.3. The van der Waals surface area contributed by atoms with Crippen LogP contribution < -0.4 is 14.8 Å². The number of benzene rings is 2. The third-order valence-electron chi connectivity index (χ3n) is 4.26. The van der Waals surface area contributed by atoms with Crippen LogP contribution in [-0.2, 0) is 22.8 Å². The predicted molar refractivity (Wildman–Crippen MR) is 107 cm³/mol. The number of nitrogens with zero attached hydrogens (tertiary/aromatic N) is 2. The topological polar surface area (TPSA) is 121 Å². The summed E-state index contributed by atoms with van der Waals surface area (Å²) in [4.78, 5) is 16.4. The number of sulfone groups is 1. The molecule has 0 saturated heterocycles. The number of hydrogen-bond acceptors (Lipinski definition) is 8. The van der Waals surface area contributed by atoms with Gasteiger partial charge in [0.05, 0.1) is 24.9 Å². The molecule has 0 atom stereocenters. The number of carbonyl (C=O) groups is 1. The van der Waals surface area contributed by atoms with Crippen LogP contribution in [0.15, 0.2) is 57.9 Å². The maximum Gasteiger partial charge on any atom is 0.315 e. The van der Waals surface area contributed by atoms with Crippen molar-refractivity contribution >= 4 is 15.7 Å². The zero-order valence-electron chi connectivity index (χ0n) is 16.5. The van der Waals surface area contributed by atoms with E-state index >= 15 is 0 Å². The summed E-state index contributed by atoms with van der Waals surface area (Å²) in [5.41, 5.74) is 0.841. The molecule has 0 aliphatic rings. The van der Waals surface area contributed by atoms with E-state index in [1.807, 2.05) is 12.1 Å². The van der Waals surface area contributed by atoms with E-state index < -0.39 is 15.7 Å². The number of aromatic nitrogens is 2. The molecule has 0 saturated carbocycles. The van der Waals surface area contributed by atoms with Crippen LogP contribution in [0.5, 0.6) is 11.5 Å². The number of carbonyl (C=O) groups excluding carboxylic acids is 1. The van der Waals surface area contributed by atoms with Gasteiger partial charge in [0.15, 0.2) is 15.7 Å². The molecule has 1 heterocycles. The van der Waals surface area contributed by atoms with Gasteiger partial charge in [-0.2, -0.15) is 4.98 Å². The maximum absolute atomic E-state index is 12.4. The molecule has 0 spiro atoms. The molecular weight excluding hydrogens is 410 g/mol. The smallest absolute Gasteiger partial charge is 0.315 e. The Labute approximate surface area is 173 Å². The highest BCUT2D eigenvalue weighted by atomic mass is 32.2. The Kier molecular flexibility index (Phi) is 6.68. The first kappa shape index (κ1) is 21.3. The van der Waals surface area contributed by atoms with E-state index in [1.54, 1.807) is 31.4 Å². The molecule has 0 fully saturated rings. The highest BCUT2D eigenvalue weighted by molar-refractivity contribution is 7.91. The molecule has 1 N–H and O–H groups in total. The van der Waals surface area contributed by atoms with Gasteiger partial charge in [-0.05, 0) is 42.0 Å². The van der Waals surface area contributed by atoms with Gasteiger partial charge < -0.3 is 19.3 Å².